The topological polar surface area (TPSA) is 73.0 Å². The maximum atomic E-state index is 13.3. The Kier molecular flexibility index (Phi) is 5.77. The second-order valence-corrected chi connectivity index (χ2v) is 6.35. The highest BCUT2D eigenvalue weighted by atomic mass is 19.4. The number of fused-ring (bicyclic) bond motifs is 1. The van der Waals surface area contributed by atoms with Gasteiger partial charge in [0.15, 0.2) is 0 Å². The zero-order valence-electron chi connectivity index (χ0n) is 14.3. The van der Waals surface area contributed by atoms with E-state index in [9.17, 15) is 18.0 Å². The van der Waals surface area contributed by atoms with Crippen molar-refractivity contribution < 1.29 is 18.0 Å². The average molecular weight is 369 g/mol. The smallest absolute Gasteiger partial charge is 0.354 e. The van der Waals surface area contributed by atoms with Gasteiger partial charge in [-0.15, -0.1) is 0 Å². The number of benzene rings is 1. The summed E-state index contributed by atoms with van der Waals surface area (Å²) >= 11 is 0. The van der Waals surface area contributed by atoms with Gasteiger partial charge >= 0.3 is 6.18 Å². The number of alkyl halides is 3. The number of piperazine rings is 1. The predicted octanol–water partition coefficient (Wildman–Crippen LogP) is 1.45. The lowest BCUT2D eigenvalue weighted by Gasteiger charge is -2.35. The van der Waals surface area contributed by atoms with E-state index in [0.717, 1.165) is 11.0 Å². The third-order valence-corrected chi connectivity index (χ3v) is 4.49. The van der Waals surface area contributed by atoms with Crippen molar-refractivity contribution >= 4 is 16.9 Å². The molecule has 3 rings (SSSR count). The van der Waals surface area contributed by atoms with Crippen LogP contribution in [-0.2, 0) is 11.2 Å². The van der Waals surface area contributed by atoms with Gasteiger partial charge < -0.3 is 15.6 Å². The number of aromatic amines is 1. The van der Waals surface area contributed by atoms with Gasteiger partial charge in [-0.1, -0.05) is 12.1 Å². The number of imidazole rings is 1. The molecular formula is C17H22F3N5O. The first kappa shape index (κ1) is 18.7. The molecule has 1 amide bonds. The van der Waals surface area contributed by atoms with Crippen molar-refractivity contribution in [3.05, 3.63) is 30.1 Å². The van der Waals surface area contributed by atoms with E-state index in [1.54, 1.807) is 0 Å². The first-order valence-electron chi connectivity index (χ1n) is 8.65. The molecule has 6 nitrogen and oxygen atoms in total. The summed E-state index contributed by atoms with van der Waals surface area (Å²) in [5, 5.41) is 5.46. The van der Waals surface area contributed by atoms with Gasteiger partial charge in [0.25, 0.3) is 0 Å². The third-order valence-electron chi connectivity index (χ3n) is 4.49. The minimum Gasteiger partial charge on any atom is -0.354 e. The molecule has 1 aromatic heterocycles. The molecule has 0 aliphatic carbocycles. The highest BCUT2D eigenvalue weighted by molar-refractivity contribution is 5.77. The van der Waals surface area contributed by atoms with Crippen LogP contribution in [0.5, 0.6) is 0 Å². The van der Waals surface area contributed by atoms with Gasteiger partial charge in [-0.05, 0) is 12.1 Å². The second-order valence-electron chi connectivity index (χ2n) is 6.35. The van der Waals surface area contributed by atoms with Crippen molar-refractivity contribution in [3.8, 4) is 0 Å². The molecular weight excluding hydrogens is 347 g/mol. The van der Waals surface area contributed by atoms with Gasteiger partial charge in [0.2, 0.25) is 5.91 Å². The van der Waals surface area contributed by atoms with Crippen LogP contribution >= 0.6 is 0 Å². The SMILES string of the molecule is O=C(CCc1nc2ccccc2[nH]1)NCC(N1CCNCC1)C(F)(F)F. The summed E-state index contributed by atoms with van der Waals surface area (Å²) in [7, 11) is 0. The zero-order valence-corrected chi connectivity index (χ0v) is 14.3. The molecule has 1 aliphatic heterocycles. The second kappa shape index (κ2) is 8.05. The average Bonchev–Trinajstić information content (AvgIpc) is 3.03. The number of aromatic nitrogens is 2. The maximum Gasteiger partial charge on any atom is 0.405 e. The normalized spacial score (nSPS) is 17.3. The number of H-pyrrole nitrogens is 1. The van der Waals surface area contributed by atoms with Gasteiger partial charge in [-0.25, -0.2) is 4.98 Å². The molecule has 142 valence electrons. The standard InChI is InChI=1S/C17H22F3N5O/c18-17(19,20)14(25-9-7-21-8-10-25)11-22-16(26)6-5-15-23-12-3-1-2-4-13(12)24-15/h1-4,14,21H,5-11H2,(H,22,26)(H,23,24). The molecule has 1 fully saturated rings. The van der Waals surface area contributed by atoms with Crippen LogP contribution in [0.1, 0.15) is 12.2 Å². The van der Waals surface area contributed by atoms with Crippen molar-refractivity contribution in [1.82, 2.24) is 25.5 Å². The Morgan fingerprint density at radius 3 is 2.69 bits per heavy atom. The molecule has 1 atom stereocenters. The Morgan fingerprint density at radius 1 is 1.27 bits per heavy atom. The molecule has 9 heteroatoms. The summed E-state index contributed by atoms with van der Waals surface area (Å²) < 4.78 is 39.9. The van der Waals surface area contributed by atoms with E-state index in [4.69, 9.17) is 0 Å². The molecule has 0 bridgehead atoms. The molecule has 2 aromatic rings. The van der Waals surface area contributed by atoms with E-state index < -0.39 is 24.7 Å². The largest absolute Gasteiger partial charge is 0.405 e. The van der Waals surface area contributed by atoms with Crippen LogP contribution in [0, 0.1) is 0 Å². The number of hydrogen-bond acceptors (Lipinski definition) is 4. The predicted molar refractivity (Wildman–Crippen MR) is 91.7 cm³/mol. The number of nitrogens with one attached hydrogen (secondary N) is 3. The number of amides is 1. The Morgan fingerprint density at radius 2 is 2.00 bits per heavy atom. The molecule has 0 radical (unpaired) electrons. The molecule has 3 N–H and O–H groups in total. The van der Waals surface area contributed by atoms with Crippen molar-refractivity contribution in [1.29, 1.82) is 0 Å². The van der Waals surface area contributed by atoms with Gasteiger partial charge in [0.05, 0.1) is 11.0 Å². The van der Waals surface area contributed by atoms with E-state index >= 15 is 0 Å². The maximum absolute atomic E-state index is 13.3. The lowest BCUT2D eigenvalue weighted by Crippen LogP contribution is -2.57. The van der Waals surface area contributed by atoms with Crippen LogP contribution in [0.3, 0.4) is 0 Å². The quantitative estimate of drug-likeness (QED) is 0.721. The van der Waals surface area contributed by atoms with E-state index in [0.29, 0.717) is 38.4 Å². The van der Waals surface area contributed by atoms with Crippen molar-refractivity contribution in [2.24, 2.45) is 0 Å². The zero-order chi connectivity index (χ0) is 18.6. The lowest BCUT2D eigenvalue weighted by atomic mass is 10.2. The first-order valence-corrected chi connectivity index (χ1v) is 8.65. The van der Waals surface area contributed by atoms with Crippen molar-refractivity contribution in [3.63, 3.8) is 0 Å². The molecule has 1 saturated heterocycles. The number of carbonyl (C=O) groups is 1. The van der Waals surface area contributed by atoms with E-state index in [2.05, 4.69) is 20.6 Å². The Balaban J connectivity index is 1.51. The summed E-state index contributed by atoms with van der Waals surface area (Å²) in [5.41, 5.74) is 1.68. The Bertz CT molecular complexity index is 706. The first-order chi connectivity index (χ1) is 12.4. The lowest BCUT2D eigenvalue weighted by molar-refractivity contribution is -0.184. The number of aryl methyl sites for hydroxylation is 1. The fourth-order valence-corrected chi connectivity index (χ4v) is 3.10. The summed E-state index contributed by atoms with van der Waals surface area (Å²) in [4.78, 5) is 20.8. The molecule has 0 saturated carbocycles. The number of carbonyl (C=O) groups excluding carboxylic acids is 1. The number of halogens is 3. The highest BCUT2D eigenvalue weighted by Gasteiger charge is 2.43. The van der Waals surface area contributed by atoms with Crippen LogP contribution in [-0.4, -0.2) is 65.7 Å². The van der Waals surface area contributed by atoms with Crippen LogP contribution in [0.25, 0.3) is 11.0 Å². The number of hydrogen-bond donors (Lipinski definition) is 3. The summed E-state index contributed by atoms with van der Waals surface area (Å²) in [6.07, 6.45) is -3.93. The van der Waals surface area contributed by atoms with Crippen LogP contribution < -0.4 is 10.6 Å². The fourth-order valence-electron chi connectivity index (χ4n) is 3.10. The number of nitrogens with zero attached hydrogens (tertiary/aromatic N) is 2. The number of para-hydroxylation sites is 2. The minimum absolute atomic E-state index is 0.0892. The fraction of sp³-hybridized carbons (Fsp3) is 0.529. The van der Waals surface area contributed by atoms with Gasteiger partial charge in [0, 0.05) is 45.6 Å². The third kappa shape index (κ3) is 4.73. The molecule has 2 heterocycles. The Labute approximate surface area is 149 Å². The monoisotopic (exact) mass is 369 g/mol. The molecule has 0 spiro atoms. The molecule has 1 aromatic carbocycles. The van der Waals surface area contributed by atoms with Crippen LogP contribution in [0.15, 0.2) is 24.3 Å². The molecule has 1 unspecified atom stereocenters. The highest BCUT2D eigenvalue weighted by Crippen LogP contribution is 2.24. The summed E-state index contributed by atoms with van der Waals surface area (Å²) in [5.74, 6) is 0.241. The van der Waals surface area contributed by atoms with Crippen LogP contribution in [0.2, 0.25) is 0 Å². The van der Waals surface area contributed by atoms with Crippen LogP contribution in [0.4, 0.5) is 13.2 Å². The van der Waals surface area contributed by atoms with E-state index in [1.165, 1.54) is 4.90 Å². The Hall–Kier alpha value is -2.13. The number of rotatable bonds is 6. The molecule has 1 aliphatic rings. The molecule has 26 heavy (non-hydrogen) atoms. The summed E-state index contributed by atoms with van der Waals surface area (Å²) in [6.45, 7) is 1.25. The van der Waals surface area contributed by atoms with Crippen molar-refractivity contribution in [2.45, 2.75) is 25.1 Å². The van der Waals surface area contributed by atoms with Gasteiger partial charge in [0.1, 0.15) is 11.9 Å². The summed E-state index contributed by atoms with van der Waals surface area (Å²) in [6, 6.07) is 5.83. The van der Waals surface area contributed by atoms with Gasteiger partial charge in [-0.3, -0.25) is 9.69 Å². The van der Waals surface area contributed by atoms with E-state index in [-0.39, 0.29) is 6.42 Å². The minimum atomic E-state index is -4.37. The van der Waals surface area contributed by atoms with Crippen molar-refractivity contribution in [2.75, 3.05) is 32.7 Å². The van der Waals surface area contributed by atoms with Gasteiger partial charge in [-0.2, -0.15) is 13.2 Å². The van der Waals surface area contributed by atoms with E-state index in [1.807, 2.05) is 24.3 Å².